The molecule has 0 spiro atoms. The molecule has 0 aliphatic carbocycles. The van der Waals surface area contributed by atoms with Gasteiger partial charge in [0.05, 0.1) is 11.9 Å². The molecule has 1 N–H and O–H groups in total. The maximum absolute atomic E-state index is 13.7. The Morgan fingerprint density at radius 3 is 2.18 bits per heavy atom. The second-order valence-corrected chi connectivity index (χ2v) is 12.3. The summed E-state index contributed by atoms with van der Waals surface area (Å²) in [4.78, 5) is 28.4. The van der Waals surface area contributed by atoms with E-state index in [1.54, 1.807) is 24.1 Å². The van der Waals surface area contributed by atoms with Crippen LogP contribution in [-0.2, 0) is 39.0 Å². The zero-order valence-electron chi connectivity index (χ0n) is 22.6. The number of rotatable bonds is 13. The Morgan fingerprint density at radius 1 is 0.923 bits per heavy atom. The van der Waals surface area contributed by atoms with E-state index < -0.39 is 16.1 Å². The molecular weight excluding hydrogens is 578 g/mol. The minimum absolute atomic E-state index is 0.0926. The predicted octanol–water partition coefficient (Wildman–Crippen LogP) is 4.94. The minimum atomic E-state index is -3.54. The molecule has 7 nitrogen and oxygen atoms in total. The van der Waals surface area contributed by atoms with E-state index >= 15 is 0 Å². The summed E-state index contributed by atoms with van der Waals surface area (Å²) in [6.07, 6.45) is 2.79. The van der Waals surface area contributed by atoms with Gasteiger partial charge in [0.15, 0.2) is 0 Å². The largest absolute Gasteiger partial charge is 0.357 e. The first-order valence-corrected chi connectivity index (χ1v) is 15.6. The van der Waals surface area contributed by atoms with Gasteiger partial charge < -0.3 is 10.2 Å². The Labute approximate surface area is 240 Å². The molecule has 0 unspecified atom stereocenters. The second-order valence-electron chi connectivity index (χ2n) is 9.43. The van der Waals surface area contributed by atoms with Crippen LogP contribution in [0.1, 0.15) is 36.5 Å². The number of anilines is 1. The van der Waals surface area contributed by atoms with Gasteiger partial charge in [0, 0.05) is 37.5 Å². The molecule has 9 heteroatoms. The van der Waals surface area contributed by atoms with Crippen LogP contribution in [0.2, 0.25) is 0 Å². The lowest BCUT2D eigenvalue weighted by Gasteiger charge is -2.31. The van der Waals surface area contributed by atoms with E-state index in [2.05, 4.69) is 21.2 Å². The van der Waals surface area contributed by atoms with E-state index in [4.69, 9.17) is 0 Å². The fraction of sp³-hybridized carbons (Fsp3) is 0.333. The van der Waals surface area contributed by atoms with Crippen molar-refractivity contribution in [3.05, 3.63) is 100 Å². The number of carbonyl (C=O) groups excluding carboxylic acids is 2. The average molecular weight is 615 g/mol. The highest BCUT2D eigenvalue weighted by Gasteiger charge is 2.30. The molecule has 1 atom stereocenters. The van der Waals surface area contributed by atoms with Crippen molar-refractivity contribution in [1.82, 2.24) is 10.2 Å². The number of sulfonamides is 1. The van der Waals surface area contributed by atoms with Gasteiger partial charge in [0.25, 0.3) is 0 Å². The van der Waals surface area contributed by atoms with Gasteiger partial charge in [0.1, 0.15) is 6.04 Å². The number of aryl methyl sites for hydroxylation is 1. The maximum Gasteiger partial charge on any atom is 0.242 e. The molecule has 39 heavy (non-hydrogen) atoms. The summed E-state index contributed by atoms with van der Waals surface area (Å²) in [5.41, 5.74) is 3.51. The van der Waals surface area contributed by atoms with E-state index in [0.29, 0.717) is 18.5 Å². The number of benzene rings is 3. The van der Waals surface area contributed by atoms with Gasteiger partial charge in [-0.2, -0.15) is 0 Å². The Morgan fingerprint density at radius 2 is 1.59 bits per heavy atom. The molecule has 0 saturated carbocycles. The number of halogens is 1. The summed E-state index contributed by atoms with van der Waals surface area (Å²) in [5.74, 6) is -0.467. The summed E-state index contributed by atoms with van der Waals surface area (Å²) >= 11 is 3.48. The van der Waals surface area contributed by atoms with Gasteiger partial charge in [-0.05, 0) is 53.8 Å². The lowest BCUT2D eigenvalue weighted by atomic mass is 10.0. The number of carbonyl (C=O) groups is 2. The molecule has 0 aliphatic rings. The molecule has 3 aromatic rings. The number of hydrogen-bond acceptors (Lipinski definition) is 4. The normalized spacial score (nSPS) is 12.0. The van der Waals surface area contributed by atoms with Crippen LogP contribution in [0.3, 0.4) is 0 Å². The first kappa shape index (κ1) is 30.4. The van der Waals surface area contributed by atoms with Crippen molar-refractivity contribution in [2.75, 3.05) is 24.2 Å². The monoisotopic (exact) mass is 613 g/mol. The zero-order valence-corrected chi connectivity index (χ0v) is 25.0. The lowest BCUT2D eigenvalue weighted by molar-refractivity contribution is -0.141. The summed E-state index contributed by atoms with van der Waals surface area (Å²) in [6.45, 7) is 2.44. The number of nitrogens with zero attached hydrogens (tertiary/aromatic N) is 2. The molecule has 0 aromatic heterocycles. The molecule has 3 rings (SSSR count). The van der Waals surface area contributed by atoms with Crippen molar-refractivity contribution in [3.8, 4) is 0 Å². The van der Waals surface area contributed by atoms with E-state index in [1.165, 1.54) is 10.6 Å². The first-order valence-electron chi connectivity index (χ1n) is 13.0. The molecule has 0 heterocycles. The van der Waals surface area contributed by atoms with Crippen molar-refractivity contribution in [3.63, 3.8) is 0 Å². The first-order chi connectivity index (χ1) is 18.6. The summed E-state index contributed by atoms with van der Waals surface area (Å²) in [6, 6.07) is 23.9. The van der Waals surface area contributed by atoms with Crippen LogP contribution < -0.4 is 9.62 Å². The zero-order chi connectivity index (χ0) is 28.4. The number of hydrogen-bond donors (Lipinski definition) is 1. The number of likely N-dealkylation sites (N-methyl/N-ethyl adjacent to an activating group) is 1. The Hall–Kier alpha value is -3.17. The highest BCUT2D eigenvalue weighted by atomic mass is 79.9. The van der Waals surface area contributed by atoms with Crippen LogP contribution in [0.15, 0.2) is 83.3 Å². The number of amides is 2. The van der Waals surface area contributed by atoms with Crippen molar-refractivity contribution in [2.45, 2.75) is 45.2 Å². The Balaban J connectivity index is 1.83. The van der Waals surface area contributed by atoms with Gasteiger partial charge in [-0.25, -0.2) is 8.42 Å². The average Bonchev–Trinajstić information content (AvgIpc) is 2.92. The van der Waals surface area contributed by atoms with Gasteiger partial charge in [-0.3, -0.25) is 13.9 Å². The molecule has 0 radical (unpaired) electrons. The van der Waals surface area contributed by atoms with E-state index in [-0.39, 0.29) is 31.3 Å². The fourth-order valence-electron chi connectivity index (χ4n) is 4.45. The molecule has 3 aromatic carbocycles. The SMILES string of the molecule is CCc1ccc(N(CCCC(=O)N(Cc2cccc(Br)c2)[C@H](Cc2ccccc2)C(=O)NC)S(C)(=O)=O)cc1. The molecule has 0 aliphatic heterocycles. The lowest BCUT2D eigenvalue weighted by Crippen LogP contribution is -2.49. The van der Waals surface area contributed by atoms with Crippen molar-refractivity contribution < 1.29 is 18.0 Å². The van der Waals surface area contributed by atoms with Crippen LogP contribution in [-0.4, -0.2) is 51.0 Å². The topological polar surface area (TPSA) is 86.8 Å². The molecule has 0 bridgehead atoms. The molecular formula is C30H36BrN3O4S. The van der Waals surface area contributed by atoms with Crippen LogP contribution >= 0.6 is 15.9 Å². The summed E-state index contributed by atoms with van der Waals surface area (Å²) in [5, 5.41) is 2.71. The van der Waals surface area contributed by atoms with Crippen molar-refractivity contribution in [1.29, 1.82) is 0 Å². The molecule has 0 saturated heterocycles. The summed E-state index contributed by atoms with van der Waals surface area (Å²) in [7, 11) is -1.98. The number of nitrogens with one attached hydrogen (secondary N) is 1. The van der Waals surface area contributed by atoms with Gasteiger partial charge in [-0.1, -0.05) is 77.5 Å². The molecule has 208 valence electrons. The third-order valence-electron chi connectivity index (χ3n) is 6.54. The third kappa shape index (κ3) is 8.93. The standard InChI is InChI=1S/C30H36BrN3O4S/c1-4-23-15-17-27(18-16-23)34(39(3,37)38)19-9-14-29(35)33(22-25-12-8-13-26(31)20-25)28(30(36)32-2)21-24-10-6-5-7-11-24/h5-8,10-13,15-18,20,28H,4,9,14,19,21-22H2,1-3H3,(H,32,36)/t28-/m1/s1. The van der Waals surface area contributed by atoms with Gasteiger partial charge in [-0.15, -0.1) is 0 Å². The Bertz CT molecular complexity index is 1350. The van der Waals surface area contributed by atoms with E-state index in [1.807, 2.05) is 73.7 Å². The Kier molecular flexibility index (Phi) is 11.1. The quantitative estimate of drug-likeness (QED) is 0.296. The molecule has 0 fully saturated rings. The van der Waals surface area contributed by atoms with Crippen molar-refractivity contribution in [2.24, 2.45) is 0 Å². The van der Waals surface area contributed by atoms with Crippen LogP contribution in [0.5, 0.6) is 0 Å². The summed E-state index contributed by atoms with van der Waals surface area (Å²) < 4.78 is 27.4. The predicted molar refractivity (Wildman–Crippen MR) is 160 cm³/mol. The third-order valence-corrected chi connectivity index (χ3v) is 8.23. The fourth-order valence-corrected chi connectivity index (χ4v) is 5.87. The van der Waals surface area contributed by atoms with Crippen molar-refractivity contribution >= 4 is 43.5 Å². The minimum Gasteiger partial charge on any atom is -0.357 e. The van der Waals surface area contributed by atoms with Crippen LogP contribution in [0.4, 0.5) is 5.69 Å². The van der Waals surface area contributed by atoms with E-state index in [9.17, 15) is 18.0 Å². The van der Waals surface area contributed by atoms with Crippen LogP contribution in [0.25, 0.3) is 0 Å². The van der Waals surface area contributed by atoms with Gasteiger partial charge >= 0.3 is 0 Å². The van der Waals surface area contributed by atoms with Gasteiger partial charge in [0.2, 0.25) is 21.8 Å². The van der Waals surface area contributed by atoms with E-state index in [0.717, 1.165) is 27.6 Å². The maximum atomic E-state index is 13.7. The van der Waals surface area contributed by atoms with Crippen LogP contribution in [0, 0.1) is 0 Å². The smallest absolute Gasteiger partial charge is 0.242 e. The highest BCUT2D eigenvalue weighted by molar-refractivity contribution is 9.10. The highest BCUT2D eigenvalue weighted by Crippen LogP contribution is 2.22. The molecule has 2 amide bonds. The second kappa shape index (κ2) is 14.3.